The average molecular weight is 671 g/mol. The third-order valence-corrected chi connectivity index (χ3v) is 7.98. The lowest BCUT2D eigenvalue weighted by Crippen LogP contribution is -2.60. The number of hydrogen-bond donors (Lipinski definition) is 7. The van der Waals surface area contributed by atoms with E-state index in [-0.39, 0.29) is 44.7 Å². The summed E-state index contributed by atoms with van der Waals surface area (Å²) in [6, 6.07) is 8.42. The molecular formula is C32H43FN8O7. The van der Waals surface area contributed by atoms with Gasteiger partial charge in [0.15, 0.2) is 12.6 Å². The zero-order valence-corrected chi connectivity index (χ0v) is 26.5. The number of nitrogens with zero attached hydrogens (tertiary/aromatic N) is 2. The fourth-order valence-electron chi connectivity index (χ4n) is 5.57. The number of piperidine rings is 1. The first-order valence-corrected chi connectivity index (χ1v) is 15.7. The summed E-state index contributed by atoms with van der Waals surface area (Å²) in [5, 5.41) is 18.6. The Kier molecular flexibility index (Phi) is 14.1. The maximum Gasteiger partial charge on any atom is 0.303 e. The van der Waals surface area contributed by atoms with Gasteiger partial charge in [0.1, 0.15) is 24.2 Å². The number of nitrogens with two attached hydrogens (primary N) is 3. The number of aliphatic imine (C=N–C) groups is 1. The molecule has 0 aliphatic carbocycles. The molecule has 2 aromatic rings. The van der Waals surface area contributed by atoms with E-state index in [9.17, 15) is 33.2 Å². The van der Waals surface area contributed by atoms with Crippen molar-refractivity contribution in [1.82, 2.24) is 20.9 Å². The molecule has 1 aliphatic heterocycles. The highest BCUT2D eigenvalue weighted by atomic mass is 19.1. The lowest BCUT2D eigenvalue weighted by Gasteiger charge is -2.37. The fourth-order valence-corrected chi connectivity index (χ4v) is 5.57. The van der Waals surface area contributed by atoms with E-state index in [1.165, 1.54) is 4.90 Å². The molecule has 16 heteroatoms. The molecule has 3 rings (SSSR count). The third-order valence-electron chi connectivity index (χ3n) is 7.98. The second-order valence-electron chi connectivity index (χ2n) is 11.6. The van der Waals surface area contributed by atoms with Gasteiger partial charge in [0, 0.05) is 25.9 Å². The summed E-state index contributed by atoms with van der Waals surface area (Å²) >= 11 is 0. The molecule has 5 amide bonds. The van der Waals surface area contributed by atoms with Crippen LogP contribution in [0.2, 0.25) is 0 Å². The number of rotatable bonds is 17. The normalized spacial score (nSPS) is 16.2. The topological polar surface area (TPSA) is 252 Å². The third kappa shape index (κ3) is 11.2. The van der Waals surface area contributed by atoms with Gasteiger partial charge in [-0.25, -0.2) is 4.39 Å². The van der Waals surface area contributed by atoms with Gasteiger partial charge in [-0.3, -0.25) is 33.8 Å². The van der Waals surface area contributed by atoms with Crippen molar-refractivity contribution >= 4 is 52.2 Å². The number of carbonyl (C=O) groups excluding carboxylic acids is 5. The van der Waals surface area contributed by atoms with Gasteiger partial charge in [-0.15, -0.1) is 0 Å². The monoisotopic (exact) mass is 670 g/mol. The molecule has 1 aliphatic rings. The Labute approximate surface area is 276 Å². The SMILES string of the molecule is NC(=O)[C@H](CCCN=C(N)N)NC(=O)[C@H](Cc1ccc2ccccc2c1)NC(=O)[C@@H]1CCCCN1C(=O)[C@H](CCC(=O)O)NC(=O)CF. The number of benzene rings is 2. The minimum atomic E-state index is -1.41. The van der Waals surface area contributed by atoms with E-state index in [1.54, 1.807) is 0 Å². The number of guanidine groups is 1. The molecular weight excluding hydrogens is 627 g/mol. The second kappa shape index (κ2) is 18.2. The molecule has 0 saturated carbocycles. The van der Waals surface area contributed by atoms with Crippen LogP contribution in [0.15, 0.2) is 47.5 Å². The highest BCUT2D eigenvalue weighted by molar-refractivity contribution is 5.96. The number of amides is 5. The number of primary amides is 1. The summed E-state index contributed by atoms with van der Waals surface area (Å²) in [6.07, 6.45) is 1.01. The molecule has 0 spiro atoms. The fraction of sp³-hybridized carbons (Fsp3) is 0.469. The molecule has 1 heterocycles. The Bertz CT molecular complexity index is 1520. The van der Waals surface area contributed by atoms with Crippen LogP contribution in [-0.4, -0.2) is 95.4 Å². The Morgan fingerprint density at radius 2 is 1.65 bits per heavy atom. The maximum atomic E-state index is 13.8. The smallest absolute Gasteiger partial charge is 0.303 e. The number of hydrogen-bond acceptors (Lipinski definition) is 7. The molecule has 15 nitrogen and oxygen atoms in total. The van der Waals surface area contributed by atoms with Crippen molar-refractivity contribution in [2.24, 2.45) is 22.2 Å². The largest absolute Gasteiger partial charge is 0.481 e. The van der Waals surface area contributed by atoms with Crippen molar-refractivity contribution in [2.45, 2.75) is 75.5 Å². The Balaban J connectivity index is 1.86. The summed E-state index contributed by atoms with van der Waals surface area (Å²) in [4.78, 5) is 81.4. The number of aliphatic carboxylic acids is 1. The molecule has 4 atom stereocenters. The van der Waals surface area contributed by atoms with Gasteiger partial charge in [-0.2, -0.15) is 0 Å². The zero-order chi connectivity index (χ0) is 35.2. The van der Waals surface area contributed by atoms with Gasteiger partial charge in [0.05, 0.1) is 0 Å². The molecule has 2 aromatic carbocycles. The number of carbonyl (C=O) groups is 6. The summed E-state index contributed by atoms with van der Waals surface area (Å²) in [5.74, 6) is -5.32. The van der Waals surface area contributed by atoms with Gasteiger partial charge in [-0.1, -0.05) is 42.5 Å². The molecule has 0 bridgehead atoms. The first-order chi connectivity index (χ1) is 22.9. The highest BCUT2D eigenvalue weighted by Crippen LogP contribution is 2.21. The van der Waals surface area contributed by atoms with Crippen molar-refractivity contribution in [3.63, 3.8) is 0 Å². The van der Waals surface area contributed by atoms with Crippen LogP contribution in [-0.2, 0) is 35.2 Å². The van der Waals surface area contributed by atoms with Crippen LogP contribution in [0, 0.1) is 0 Å². The molecule has 1 saturated heterocycles. The Morgan fingerprint density at radius 3 is 2.31 bits per heavy atom. The van der Waals surface area contributed by atoms with Crippen LogP contribution < -0.4 is 33.2 Å². The number of carboxylic acid groups (broad SMARTS) is 1. The van der Waals surface area contributed by atoms with E-state index >= 15 is 0 Å². The molecule has 1 fully saturated rings. The summed E-state index contributed by atoms with van der Waals surface area (Å²) in [7, 11) is 0. The van der Waals surface area contributed by atoms with Crippen LogP contribution in [0.3, 0.4) is 0 Å². The number of halogens is 1. The Morgan fingerprint density at radius 1 is 0.917 bits per heavy atom. The number of carboxylic acids is 1. The zero-order valence-electron chi connectivity index (χ0n) is 26.5. The molecule has 0 aromatic heterocycles. The summed E-state index contributed by atoms with van der Waals surface area (Å²) in [6.45, 7) is -1.09. The quantitative estimate of drug-likeness (QED) is 0.0655. The van der Waals surface area contributed by atoms with E-state index in [4.69, 9.17) is 22.3 Å². The van der Waals surface area contributed by atoms with E-state index in [0.29, 0.717) is 24.8 Å². The van der Waals surface area contributed by atoms with Gasteiger partial charge in [0.2, 0.25) is 23.6 Å². The van der Waals surface area contributed by atoms with Crippen LogP contribution in [0.1, 0.15) is 50.5 Å². The number of nitrogens with one attached hydrogen (secondary N) is 3. The van der Waals surface area contributed by atoms with Crippen molar-refractivity contribution < 1.29 is 38.3 Å². The Hall–Kier alpha value is -5.28. The molecule has 0 radical (unpaired) electrons. The van der Waals surface area contributed by atoms with Crippen molar-refractivity contribution in [3.8, 4) is 0 Å². The number of likely N-dealkylation sites (tertiary alicyclic amines) is 1. The van der Waals surface area contributed by atoms with Crippen LogP contribution in [0.4, 0.5) is 4.39 Å². The van der Waals surface area contributed by atoms with E-state index in [1.807, 2.05) is 42.5 Å². The lowest BCUT2D eigenvalue weighted by atomic mass is 9.97. The maximum absolute atomic E-state index is 13.8. The van der Waals surface area contributed by atoms with Crippen molar-refractivity contribution in [2.75, 3.05) is 19.8 Å². The van der Waals surface area contributed by atoms with E-state index < -0.39 is 72.8 Å². The van der Waals surface area contributed by atoms with Crippen molar-refractivity contribution in [3.05, 3.63) is 48.0 Å². The van der Waals surface area contributed by atoms with Gasteiger partial charge in [0.25, 0.3) is 5.91 Å². The van der Waals surface area contributed by atoms with Gasteiger partial charge < -0.3 is 43.2 Å². The van der Waals surface area contributed by atoms with Crippen molar-refractivity contribution in [1.29, 1.82) is 0 Å². The van der Waals surface area contributed by atoms with Crippen LogP contribution >= 0.6 is 0 Å². The molecule has 48 heavy (non-hydrogen) atoms. The van der Waals surface area contributed by atoms with Crippen LogP contribution in [0.5, 0.6) is 0 Å². The summed E-state index contributed by atoms with van der Waals surface area (Å²) in [5.41, 5.74) is 17.0. The number of alkyl halides is 1. The first-order valence-electron chi connectivity index (χ1n) is 15.7. The number of fused-ring (bicyclic) bond motifs is 1. The van der Waals surface area contributed by atoms with E-state index in [2.05, 4.69) is 20.9 Å². The minimum absolute atomic E-state index is 0.0242. The molecule has 0 unspecified atom stereocenters. The highest BCUT2D eigenvalue weighted by Gasteiger charge is 2.38. The molecule has 260 valence electrons. The average Bonchev–Trinajstić information content (AvgIpc) is 3.06. The van der Waals surface area contributed by atoms with Crippen LogP contribution in [0.25, 0.3) is 10.8 Å². The summed E-state index contributed by atoms with van der Waals surface area (Å²) < 4.78 is 13.0. The standard InChI is InChI=1S/C32H43FN8O7/c33-18-26(42)38-23(12-13-27(43)44)31(48)41-15-4-3-9-25(41)30(47)40-24(17-19-10-11-20-6-1-2-7-21(20)16-19)29(46)39-22(28(34)45)8-5-14-37-32(35)36/h1-2,6-7,10-11,16,22-25H,3-5,8-9,12-15,17-18H2,(H2,34,45)(H,38,42)(H,39,46)(H,40,47)(H,43,44)(H4,35,36,37)/t22-,23-,24-,25-/m0/s1. The lowest BCUT2D eigenvalue weighted by molar-refractivity contribution is -0.146. The molecule has 10 N–H and O–H groups in total. The van der Waals surface area contributed by atoms with Gasteiger partial charge in [-0.05, 0) is 54.9 Å². The predicted molar refractivity (Wildman–Crippen MR) is 175 cm³/mol. The van der Waals surface area contributed by atoms with Gasteiger partial charge >= 0.3 is 5.97 Å². The first kappa shape index (κ1) is 37.2. The predicted octanol–water partition coefficient (Wildman–Crippen LogP) is -0.409. The second-order valence-corrected chi connectivity index (χ2v) is 11.6. The van der Waals surface area contributed by atoms with E-state index in [0.717, 1.165) is 10.8 Å². The minimum Gasteiger partial charge on any atom is -0.481 e.